The lowest BCUT2D eigenvalue weighted by molar-refractivity contribution is -0.153. The van der Waals surface area contributed by atoms with Gasteiger partial charge in [-0.25, -0.2) is 0 Å². The highest BCUT2D eigenvalue weighted by atomic mass is 32.1. The summed E-state index contributed by atoms with van der Waals surface area (Å²) < 4.78 is 10.3. The quantitative estimate of drug-likeness (QED) is 0.720. The zero-order valence-corrected chi connectivity index (χ0v) is 15.8. The Labute approximate surface area is 156 Å². The highest BCUT2D eigenvalue weighted by molar-refractivity contribution is 7.08. The summed E-state index contributed by atoms with van der Waals surface area (Å²) in [4.78, 5) is 30.1. The number of piperidine rings is 1. The molecule has 1 aliphatic rings. The number of likely N-dealkylation sites (tertiary alicyclic amines) is 1. The summed E-state index contributed by atoms with van der Waals surface area (Å²) in [6.07, 6.45) is 1.52. The van der Waals surface area contributed by atoms with E-state index in [4.69, 9.17) is 9.26 Å². The third kappa shape index (κ3) is 4.91. The molecule has 0 aliphatic carbocycles. The second-order valence-corrected chi connectivity index (χ2v) is 7.71. The predicted molar refractivity (Wildman–Crippen MR) is 96.4 cm³/mol. The zero-order chi connectivity index (χ0) is 18.5. The van der Waals surface area contributed by atoms with E-state index in [0.717, 1.165) is 25.1 Å². The minimum atomic E-state index is -0.438. The second-order valence-electron chi connectivity index (χ2n) is 6.93. The number of esters is 1. The number of aromatic nitrogens is 2. The Kier molecular flexibility index (Phi) is 6.03. The van der Waals surface area contributed by atoms with E-state index in [1.807, 2.05) is 16.8 Å². The number of aryl methyl sites for hydroxylation is 1. The summed E-state index contributed by atoms with van der Waals surface area (Å²) in [5.74, 6) is 1.29. The van der Waals surface area contributed by atoms with Crippen LogP contribution in [0, 0.1) is 11.8 Å². The van der Waals surface area contributed by atoms with Crippen LogP contribution in [-0.4, -0.2) is 46.6 Å². The van der Waals surface area contributed by atoms with Crippen molar-refractivity contribution in [1.82, 2.24) is 15.0 Å². The molecule has 140 valence electrons. The van der Waals surface area contributed by atoms with Gasteiger partial charge in [-0.1, -0.05) is 19.0 Å². The molecule has 1 amide bonds. The van der Waals surface area contributed by atoms with E-state index in [0.29, 0.717) is 30.0 Å². The fourth-order valence-electron chi connectivity index (χ4n) is 3.25. The molecule has 2 aromatic heterocycles. The molecule has 26 heavy (non-hydrogen) atoms. The number of nitrogens with zero attached hydrogens (tertiary/aromatic N) is 3. The maximum Gasteiger partial charge on any atom is 0.306 e. The first-order chi connectivity index (χ1) is 12.5. The Balaban J connectivity index is 1.41. The number of carbonyl (C=O) groups is 2. The van der Waals surface area contributed by atoms with Crippen LogP contribution in [0.1, 0.15) is 32.6 Å². The van der Waals surface area contributed by atoms with Crippen LogP contribution in [0.15, 0.2) is 21.3 Å². The molecule has 1 saturated heterocycles. The standard InChI is InChI=1S/C18H23N3O4S/c1-12-7-13(2)9-21(8-12)16(22)10-24-17(23)4-3-15-19-18(20-25-15)14-5-6-26-11-14/h5-6,11-13H,3-4,7-10H2,1-2H3. The van der Waals surface area contributed by atoms with Crippen molar-refractivity contribution in [1.29, 1.82) is 0 Å². The first kappa shape index (κ1) is 18.6. The number of amides is 1. The molecule has 3 heterocycles. The molecule has 0 aromatic carbocycles. The molecule has 7 nitrogen and oxygen atoms in total. The first-order valence-corrected chi connectivity index (χ1v) is 9.74. The Bertz CT molecular complexity index is 733. The first-order valence-electron chi connectivity index (χ1n) is 8.80. The van der Waals surface area contributed by atoms with E-state index >= 15 is 0 Å². The van der Waals surface area contributed by atoms with Crippen LogP contribution >= 0.6 is 11.3 Å². The highest BCUT2D eigenvalue weighted by Crippen LogP contribution is 2.21. The normalized spacial score (nSPS) is 20.2. The topological polar surface area (TPSA) is 85.5 Å². The van der Waals surface area contributed by atoms with Crippen molar-refractivity contribution in [3.8, 4) is 11.4 Å². The Morgan fingerprint density at radius 1 is 1.35 bits per heavy atom. The molecule has 0 spiro atoms. The molecule has 2 unspecified atom stereocenters. The lowest BCUT2D eigenvalue weighted by Crippen LogP contribution is -2.44. The van der Waals surface area contributed by atoms with Crippen LogP contribution < -0.4 is 0 Å². The van der Waals surface area contributed by atoms with E-state index < -0.39 is 5.97 Å². The highest BCUT2D eigenvalue weighted by Gasteiger charge is 2.26. The van der Waals surface area contributed by atoms with Gasteiger partial charge in [-0.3, -0.25) is 9.59 Å². The maximum atomic E-state index is 12.2. The minimum absolute atomic E-state index is 0.103. The van der Waals surface area contributed by atoms with Crippen molar-refractivity contribution in [2.24, 2.45) is 11.8 Å². The summed E-state index contributed by atoms with van der Waals surface area (Å²) in [7, 11) is 0. The van der Waals surface area contributed by atoms with E-state index in [1.165, 1.54) is 0 Å². The number of rotatable bonds is 6. The third-order valence-corrected chi connectivity index (χ3v) is 5.05. The summed E-state index contributed by atoms with van der Waals surface area (Å²) in [6, 6.07) is 1.90. The van der Waals surface area contributed by atoms with Crippen LogP contribution in [0.25, 0.3) is 11.4 Å². The van der Waals surface area contributed by atoms with Gasteiger partial charge in [0.15, 0.2) is 6.61 Å². The van der Waals surface area contributed by atoms with Gasteiger partial charge in [0, 0.05) is 30.5 Å². The van der Waals surface area contributed by atoms with Gasteiger partial charge in [0.1, 0.15) is 0 Å². The largest absolute Gasteiger partial charge is 0.456 e. The van der Waals surface area contributed by atoms with Crippen molar-refractivity contribution in [3.05, 3.63) is 22.7 Å². The molecule has 0 saturated carbocycles. The third-order valence-electron chi connectivity index (χ3n) is 4.37. The number of thiophene rings is 1. The van der Waals surface area contributed by atoms with E-state index in [2.05, 4.69) is 24.0 Å². The van der Waals surface area contributed by atoms with Gasteiger partial charge < -0.3 is 14.2 Å². The maximum absolute atomic E-state index is 12.2. The summed E-state index contributed by atoms with van der Waals surface area (Å²) >= 11 is 1.55. The van der Waals surface area contributed by atoms with Gasteiger partial charge in [-0.2, -0.15) is 16.3 Å². The predicted octanol–water partition coefficient (Wildman–Crippen LogP) is 2.78. The molecule has 3 rings (SSSR count). The number of hydrogen-bond donors (Lipinski definition) is 0. The van der Waals surface area contributed by atoms with E-state index in [1.54, 1.807) is 16.2 Å². The molecular formula is C18H23N3O4S. The molecule has 0 bridgehead atoms. The molecule has 2 atom stereocenters. The van der Waals surface area contributed by atoms with Gasteiger partial charge in [0.25, 0.3) is 5.91 Å². The molecule has 0 N–H and O–H groups in total. The lowest BCUT2D eigenvalue weighted by Gasteiger charge is -2.34. The molecule has 1 fully saturated rings. The van der Waals surface area contributed by atoms with Crippen LogP contribution in [0.5, 0.6) is 0 Å². The number of carbonyl (C=O) groups excluding carboxylic acids is 2. The number of ether oxygens (including phenoxy) is 1. The Morgan fingerprint density at radius 2 is 2.12 bits per heavy atom. The van der Waals surface area contributed by atoms with Gasteiger partial charge in [-0.05, 0) is 29.7 Å². The second kappa shape index (κ2) is 8.44. The van der Waals surface area contributed by atoms with Gasteiger partial charge in [0.2, 0.25) is 11.7 Å². The van der Waals surface area contributed by atoms with Gasteiger partial charge >= 0.3 is 5.97 Å². The van der Waals surface area contributed by atoms with E-state index in [-0.39, 0.29) is 18.9 Å². The molecule has 1 aliphatic heterocycles. The van der Waals surface area contributed by atoms with Crippen molar-refractivity contribution in [2.75, 3.05) is 19.7 Å². The Hall–Kier alpha value is -2.22. The average Bonchev–Trinajstić information content (AvgIpc) is 3.28. The SMILES string of the molecule is CC1CC(C)CN(C(=O)COC(=O)CCc2nc(-c3ccsc3)no2)C1. The molecule has 0 radical (unpaired) electrons. The van der Waals surface area contributed by atoms with Crippen molar-refractivity contribution < 1.29 is 18.8 Å². The fourth-order valence-corrected chi connectivity index (χ4v) is 3.88. The number of hydrogen-bond acceptors (Lipinski definition) is 7. The summed E-state index contributed by atoms with van der Waals surface area (Å²) in [5, 5.41) is 7.76. The van der Waals surface area contributed by atoms with Crippen molar-refractivity contribution in [3.63, 3.8) is 0 Å². The lowest BCUT2D eigenvalue weighted by atomic mass is 9.92. The fraction of sp³-hybridized carbons (Fsp3) is 0.556. The van der Waals surface area contributed by atoms with Gasteiger partial charge in [0.05, 0.1) is 6.42 Å². The van der Waals surface area contributed by atoms with Crippen LogP contribution in [0.3, 0.4) is 0 Å². The van der Waals surface area contributed by atoms with E-state index in [9.17, 15) is 9.59 Å². The summed E-state index contributed by atoms with van der Waals surface area (Å²) in [5.41, 5.74) is 0.892. The van der Waals surface area contributed by atoms with Crippen molar-refractivity contribution in [2.45, 2.75) is 33.1 Å². The van der Waals surface area contributed by atoms with Gasteiger partial charge in [-0.15, -0.1) is 0 Å². The Morgan fingerprint density at radius 3 is 2.81 bits per heavy atom. The van der Waals surface area contributed by atoms with Crippen LogP contribution in [0.4, 0.5) is 0 Å². The molecule has 2 aromatic rings. The smallest absolute Gasteiger partial charge is 0.306 e. The molecule has 8 heteroatoms. The average molecular weight is 377 g/mol. The van der Waals surface area contributed by atoms with Crippen LogP contribution in [-0.2, 0) is 20.7 Å². The summed E-state index contributed by atoms with van der Waals surface area (Å²) in [6.45, 7) is 5.53. The van der Waals surface area contributed by atoms with Crippen LogP contribution in [0.2, 0.25) is 0 Å². The molecular weight excluding hydrogens is 354 g/mol. The van der Waals surface area contributed by atoms with Crippen molar-refractivity contribution >= 4 is 23.2 Å². The monoisotopic (exact) mass is 377 g/mol. The minimum Gasteiger partial charge on any atom is -0.456 e. The zero-order valence-electron chi connectivity index (χ0n) is 15.0.